The second-order valence-corrected chi connectivity index (χ2v) is 7.94. The Morgan fingerprint density at radius 1 is 1.44 bits per heavy atom. The van der Waals surface area contributed by atoms with Crippen LogP contribution in [0.3, 0.4) is 0 Å². The molecule has 0 amide bonds. The minimum atomic E-state index is -3.35. The van der Waals surface area contributed by atoms with Crippen LogP contribution < -0.4 is 10.5 Å². The summed E-state index contributed by atoms with van der Waals surface area (Å²) < 4.78 is 28.4. The van der Waals surface area contributed by atoms with Crippen molar-refractivity contribution in [1.29, 1.82) is 0 Å². The molecule has 0 aromatic rings. The lowest BCUT2D eigenvalue weighted by atomic mass is 10.3. The van der Waals surface area contributed by atoms with Gasteiger partial charge >= 0.3 is 0 Å². The van der Waals surface area contributed by atoms with E-state index >= 15 is 0 Å². The molecule has 2 unspecified atom stereocenters. The maximum Gasteiger partial charge on any atom is 0.279 e. The lowest BCUT2D eigenvalue weighted by molar-refractivity contribution is 0.442. The van der Waals surface area contributed by atoms with Crippen molar-refractivity contribution in [3.63, 3.8) is 0 Å². The normalized spacial score (nSPS) is 24.9. The number of rotatable bonds is 8. The Kier molecular flexibility index (Phi) is 6.94. The largest absolute Gasteiger partial charge is 0.330 e. The lowest BCUT2D eigenvalue weighted by Crippen LogP contribution is -2.46. The van der Waals surface area contributed by atoms with E-state index in [2.05, 4.69) is 11.6 Å². The summed E-state index contributed by atoms with van der Waals surface area (Å²) in [4.78, 5) is 0. The van der Waals surface area contributed by atoms with Crippen LogP contribution in [0.4, 0.5) is 0 Å². The molecule has 7 heteroatoms. The molecule has 0 radical (unpaired) electrons. The fourth-order valence-corrected chi connectivity index (χ4v) is 4.69. The van der Waals surface area contributed by atoms with Crippen LogP contribution in [0.25, 0.3) is 0 Å². The zero-order valence-electron chi connectivity index (χ0n) is 11.3. The van der Waals surface area contributed by atoms with Crippen molar-refractivity contribution >= 4 is 22.0 Å². The van der Waals surface area contributed by atoms with Gasteiger partial charge in [0, 0.05) is 24.9 Å². The van der Waals surface area contributed by atoms with E-state index in [0.717, 1.165) is 25.0 Å². The summed E-state index contributed by atoms with van der Waals surface area (Å²) in [6, 6.07) is 0.0836. The third-order valence-corrected chi connectivity index (χ3v) is 6.15. The van der Waals surface area contributed by atoms with Crippen molar-refractivity contribution in [2.24, 2.45) is 5.73 Å². The molecule has 5 nitrogen and oxygen atoms in total. The predicted octanol–water partition coefficient (Wildman–Crippen LogP) is 0.776. The van der Waals surface area contributed by atoms with Crippen molar-refractivity contribution in [1.82, 2.24) is 9.03 Å². The topological polar surface area (TPSA) is 75.4 Å². The molecule has 2 atom stereocenters. The monoisotopic (exact) mass is 295 g/mol. The van der Waals surface area contributed by atoms with Gasteiger partial charge < -0.3 is 5.73 Å². The summed E-state index contributed by atoms with van der Waals surface area (Å²) in [5, 5.41) is 0.424. The van der Waals surface area contributed by atoms with Gasteiger partial charge in [0.1, 0.15) is 0 Å². The van der Waals surface area contributed by atoms with Gasteiger partial charge in [-0.05, 0) is 31.6 Å². The number of nitrogens with two attached hydrogens (primary N) is 1. The van der Waals surface area contributed by atoms with Crippen LogP contribution >= 0.6 is 11.8 Å². The summed E-state index contributed by atoms with van der Waals surface area (Å²) in [5.74, 6) is 1.03. The van der Waals surface area contributed by atoms with E-state index in [-0.39, 0.29) is 6.04 Å². The summed E-state index contributed by atoms with van der Waals surface area (Å²) in [5.41, 5.74) is 5.40. The van der Waals surface area contributed by atoms with Gasteiger partial charge in [0.15, 0.2) is 0 Å². The van der Waals surface area contributed by atoms with E-state index in [1.165, 1.54) is 4.31 Å². The van der Waals surface area contributed by atoms with Crippen molar-refractivity contribution in [2.45, 2.75) is 43.9 Å². The molecule has 0 saturated heterocycles. The highest BCUT2D eigenvalue weighted by molar-refractivity contribution is 8.00. The number of nitrogens with zero attached hydrogens (tertiary/aromatic N) is 1. The summed E-state index contributed by atoms with van der Waals surface area (Å²) in [7, 11) is -1.75. The van der Waals surface area contributed by atoms with E-state index in [1.54, 1.807) is 7.05 Å². The molecule has 1 aliphatic carbocycles. The molecule has 1 rings (SSSR count). The number of nitrogens with one attached hydrogen (secondary N) is 1. The Balaban J connectivity index is 2.53. The Labute approximate surface area is 115 Å². The highest BCUT2D eigenvalue weighted by atomic mass is 32.2. The van der Waals surface area contributed by atoms with Gasteiger partial charge in [-0.3, -0.25) is 0 Å². The van der Waals surface area contributed by atoms with Crippen LogP contribution in [0.2, 0.25) is 0 Å². The van der Waals surface area contributed by atoms with E-state index in [1.807, 2.05) is 11.8 Å². The van der Waals surface area contributed by atoms with Gasteiger partial charge in [0.05, 0.1) is 0 Å². The first-order valence-electron chi connectivity index (χ1n) is 6.56. The molecule has 0 heterocycles. The molecule has 0 aliphatic heterocycles. The molecule has 1 fully saturated rings. The molecule has 0 aromatic heterocycles. The zero-order valence-corrected chi connectivity index (χ0v) is 12.9. The second-order valence-electron chi connectivity index (χ2n) is 4.62. The average molecular weight is 295 g/mol. The molecule has 18 heavy (non-hydrogen) atoms. The van der Waals surface area contributed by atoms with Crippen molar-refractivity contribution in [2.75, 3.05) is 25.9 Å². The van der Waals surface area contributed by atoms with Gasteiger partial charge in [-0.25, -0.2) is 0 Å². The summed E-state index contributed by atoms with van der Waals surface area (Å²) in [6.45, 7) is 3.10. The predicted molar refractivity (Wildman–Crippen MR) is 77.9 cm³/mol. The minimum absolute atomic E-state index is 0.0836. The Morgan fingerprint density at radius 2 is 2.17 bits per heavy atom. The maximum atomic E-state index is 12.1. The standard InChI is InChI=1S/C11H25N3O2S2/c1-3-17-11-7-4-6-10(11)13-18(15,16)14(2)9-5-8-12/h10-11,13H,3-9,12H2,1-2H3. The Morgan fingerprint density at radius 3 is 2.78 bits per heavy atom. The number of thioether (sulfide) groups is 1. The second kappa shape index (κ2) is 7.69. The van der Waals surface area contributed by atoms with E-state index < -0.39 is 10.2 Å². The molecule has 108 valence electrons. The van der Waals surface area contributed by atoms with E-state index in [0.29, 0.717) is 24.8 Å². The lowest BCUT2D eigenvalue weighted by Gasteiger charge is -2.24. The first-order chi connectivity index (χ1) is 8.51. The van der Waals surface area contributed by atoms with Crippen LogP contribution in [0.5, 0.6) is 0 Å². The Hall–Kier alpha value is 0.180. The maximum absolute atomic E-state index is 12.1. The van der Waals surface area contributed by atoms with Gasteiger partial charge in [-0.1, -0.05) is 13.3 Å². The first-order valence-corrected chi connectivity index (χ1v) is 9.05. The smallest absolute Gasteiger partial charge is 0.279 e. The van der Waals surface area contributed by atoms with Crippen molar-refractivity contribution < 1.29 is 8.42 Å². The zero-order chi connectivity index (χ0) is 13.6. The Bertz CT molecular complexity index is 335. The van der Waals surface area contributed by atoms with Crippen molar-refractivity contribution in [3.05, 3.63) is 0 Å². The van der Waals surface area contributed by atoms with Gasteiger partial charge in [0.2, 0.25) is 0 Å². The summed E-state index contributed by atoms with van der Waals surface area (Å²) in [6.07, 6.45) is 3.85. The molecule has 0 spiro atoms. The SMILES string of the molecule is CCSC1CCCC1NS(=O)(=O)N(C)CCCN. The highest BCUT2D eigenvalue weighted by Crippen LogP contribution is 2.30. The van der Waals surface area contributed by atoms with Crippen LogP contribution in [0.15, 0.2) is 0 Å². The van der Waals surface area contributed by atoms with Gasteiger partial charge in [0.25, 0.3) is 10.2 Å². The molecule has 0 bridgehead atoms. The average Bonchev–Trinajstić information content (AvgIpc) is 2.73. The van der Waals surface area contributed by atoms with E-state index in [9.17, 15) is 8.42 Å². The fraction of sp³-hybridized carbons (Fsp3) is 1.00. The molecule has 3 N–H and O–H groups in total. The molecular weight excluding hydrogens is 270 g/mol. The third-order valence-electron chi connectivity index (χ3n) is 3.22. The molecular formula is C11H25N3O2S2. The van der Waals surface area contributed by atoms with Crippen LogP contribution in [0, 0.1) is 0 Å². The van der Waals surface area contributed by atoms with Crippen molar-refractivity contribution in [3.8, 4) is 0 Å². The highest BCUT2D eigenvalue weighted by Gasteiger charge is 2.31. The van der Waals surface area contributed by atoms with E-state index in [4.69, 9.17) is 5.73 Å². The fourth-order valence-electron chi connectivity index (χ4n) is 2.19. The molecule has 1 aliphatic rings. The van der Waals surface area contributed by atoms with Crippen LogP contribution in [0.1, 0.15) is 32.6 Å². The number of hydrogen-bond acceptors (Lipinski definition) is 4. The third kappa shape index (κ3) is 4.70. The number of hydrogen-bond donors (Lipinski definition) is 2. The quantitative estimate of drug-likeness (QED) is 0.694. The van der Waals surface area contributed by atoms with Gasteiger partial charge in [-0.15, -0.1) is 0 Å². The molecule has 0 aromatic carbocycles. The minimum Gasteiger partial charge on any atom is -0.330 e. The summed E-state index contributed by atoms with van der Waals surface area (Å²) >= 11 is 1.85. The first kappa shape index (κ1) is 16.2. The van der Waals surface area contributed by atoms with Crippen LogP contribution in [-0.4, -0.2) is 49.9 Å². The van der Waals surface area contributed by atoms with Gasteiger partial charge in [-0.2, -0.15) is 29.2 Å². The van der Waals surface area contributed by atoms with Crippen LogP contribution in [-0.2, 0) is 10.2 Å². The molecule has 1 saturated carbocycles.